The third-order valence-electron chi connectivity index (χ3n) is 3.37. The lowest BCUT2D eigenvalue weighted by molar-refractivity contribution is -0.276. The highest BCUT2D eigenvalue weighted by Crippen LogP contribution is 2.37. The Morgan fingerprint density at radius 3 is 1.90 bits per heavy atom. The Balaban J connectivity index is 2.21. The van der Waals surface area contributed by atoms with E-state index in [2.05, 4.69) is 4.74 Å². The molecule has 1 saturated carbocycles. The third-order valence-corrected chi connectivity index (χ3v) is 3.37. The zero-order chi connectivity index (χ0) is 14.9. The molecule has 112 valence electrons. The lowest BCUT2D eigenvalue weighted by atomic mass is 9.83. The second kappa shape index (κ2) is 5.54. The molecule has 0 aromatic heterocycles. The van der Waals surface area contributed by atoms with E-state index < -0.39 is 29.9 Å². The molecule has 0 amide bonds. The lowest BCUT2D eigenvalue weighted by Crippen LogP contribution is -2.19. The Morgan fingerprint density at radius 2 is 1.45 bits per heavy atom. The van der Waals surface area contributed by atoms with Crippen molar-refractivity contribution in [3.05, 3.63) is 29.3 Å². The maximum Gasteiger partial charge on any atom is 0.573 e. The van der Waals surface area contributed by atoms with Crippen molar-refractivity contribution in [2.45, 2.75) is 44.1 Å². The van der Waals surface area contributed by atoms with Crippen LogP contribution >= 0.6 is 0 Å². The Labute approximate surface area is 111 Å². The quantitative estimate of drug-likeness (QED) is 0.709. The molecule has 1 aromatic rings. The predicted octanol–water partition coefficient (Wildman–Crippen LogP) is 4.86. The summed E-state index contributed by atoms with van der Waals surface area (Å²) < 4.78 is 79.4. The number of halogens is 6. The molecular weight excluding hydrogens is 286 g/mol. The van der Waals surface area contributed by atoms with Crippen LogP contribution in [0.5, 0.6) is 5.75 Å². The molecule has 1 aliphatic carbocycles. The van der Waals surface area contributed by atoms with Crippen LogP contribution in [0.25, 0.3) is 0 Å². The first-order chi connectivity index (χ1) is 9.26. The van der Waals surface area contributed by atoms with Crippen LogP contribution in [0.3, 0.4) is 0 Å². The van der Waals surface area contributed by atoms with E-state index in [0.717, 1.165) is 12.1 Å². The predicted molar refractivity (Wildman–Crippen MR) is 59.1 cm³/mol. The second-order valence-corrected chi connectivity index (χ2v) is 4.81. The summed E-state index contributed by atoms with van der Waals surface area (Å²) in [5.74, 6) is -4.51. The number of hydrogen-bond donors (Lipinski definition) is 0. The first-order valence-corrected chi connectivity index (χ1v) is 6.15. The van der Waals surface area contributed by atoms with Crippen LogP contribution in [0.4, 0.5) is 26.3 Å². The summed E-state index contributed by atoms with van der Waals surface area (Å²) in [4.78, 5) is 0. The molecule has 0 aliphatic heterocycles. The third kappa shape index (κ3) is 3.58. The van der Waals surface area contributed by atoms with E-state index in [-0.39, 0.29) is 24.3 Å². The van der Waals surface area contributed by atoms with Crippen molar-refractivity contribution >= 4 is 0 Å². The van der Waals surface area contributed by atoms with Gasteiger partial charge in [-0.05, 0) is 49.3 Å². The van der Waals surface area contributed by atoms with E-state index in [0.29, 0.717) is 12.8 Å². The molecule has 1 nitrogen and oxygen atoms in total. The van der Waals surface area contributed by atoms with Crippen LogP contribution in [-0.4, -0.2) is 12.5 Å². The van der Waals surface area contributed by atoms with Gasteiger partial charge in [-0.3, -0.25) is 0 Å². The molecule has 0 unspecified atom stereocenters. The monoisotopic (exact) mass is 298 g/mol. The molecular formula is C13H12F6O. The SMILES string of the molecule is Fc1cc(C2CCC(F)CC2)cc(F)c1OC(F)(F)F. The van der Waals surface area contributed by atoms with Crippen molar-refractivity contribution in [3.63, 3.8) is 0 Å². The largest absolute Gasteiger partial charge is 0.573 e. The van der Waals surface area contributed by atoms with E-state index in [9.17, 15) is 26.3 Å². The Hall–Kier alpha value is -1.40. The lowest BCUT2D eigenvalue weighted by Gasteiger charge is -2.25. The molecule has 1 aromatic carbocycles. The van der Waals surface area contributed by atoms with Crippen molar-refractivity contribution in [2.75, 3.05) is 0 Å². The standard InChI is InChI=1S/C13H12F6O/c14-9-3-1-7(2-4-9)8-5-10(15)12(11(16)6-8)20-13(17,18)19/h5-7,9H,1-4H2. The van der Waals surface area contributed by atoms with Gasteiger partial charge in [0.05, 0.1) is 0 Å². The van der Waals surface area contributed by atoms with Gasteiger partial charge in [0, 0.05) is 0 Å². The summed E-state index contributed by atoms with van der Waals surface area (Å²) in [6, 6.07) is 1.65. The molecule has 0 spiro atoms. The molecule has 0 radical (unpaired) electrons. The van der Waals surface area contributed by atoms with E-state index in [1.807, 2.05) is 0 Å². The number of rotatable bonds is 2. The minimum Gasteiger partial charge on any atom is -0.399 e. The van der Waals surface area contributed by atoms with E-state index in [1.54, 1.807) is 0 Å². The number of hydrogen-bond acceptors (Lipinski definition) is 1. The summed E-state index contributed by atoms with van der Waals surface area (Å²) in [5.41, 5.74) is 0.237. The van der Waals surface area contributed by atoms with Gasteiger partial charge in [-0.2, -0.15) is 0 Å². The van der Waals surface area contributed by atoms with Gasteiger partial charge in [0.2, 0.25) is 5.75 Å². The average molecular weight is 298 g/mol. The zero-order valence-corrected chi connectivity index (χ0v) is 10.3. The second-order valence-electron chi connectivity index (χ2n) is 4.81. The zero-order valence-electron chi connectivity index (χ0n) is 10.3. The normalized spacial score (nSPS) is 23.7. The Bertz CT molecular complexity index is 453. The number of benzene rings is 1. The molecule has 1 aliphatic rings. The van der Waals surface area contributed by atoms with Gasteiger partial charge in [-0.25, -0.2) is 13.2 Å². The molecule has 0 N–H and O–H groups in total. The van der Waals surface area contributed by atoms with Crippen molar-refractivity contribution < 1.29 is 31.1 Å². The van der Waals surface area contributed by atoms with Crippen molar-refractivity contribution in [1.82, 2.24) is 0 Å². The fourth-order valence-corrected chi connectivity index (χ4v) is 2.41. The Kier molecular flexibility index (Phi) is 4.15. The fourth-order valence-electron chi connectivity index (χ4n) is 2.41. The van der Waals surface area contributed by atoms with Gasteiger partial charge in [0.1, 0.15) is 6.17 Å². The van der Waals surface area contributed by atoms with Crippen molar-refractivity contribution in [2.24, 2.45) is 0 Å². The minimum atomic E-state index is -5.16. The summed E-state index contributed by atoms with van der Waals surface area (Å²) >= 11 is 0. The molecule has 0 heterocycles. The minimum absolute atomic E-state index is 0.237. The molecule has 0 saturated heterocycles. The summed E-state index contributed by atoms with van der Waals surface area (Å²) in [5, 5.41) is 0. The van der Waals surface area contributed by atoms with Crippen LogP contribution in [0.2, 0.25) is 0 Å². The van der Waals surface area contributed by atoms with E-state index in [1.165, 1.54) is 0 Å². The van der Waals surface area contributed by atoms with Crippen LogP contribution in [-0.2, 0) is 0 Å². The molecule has 0 bridgehead atoms. The summed E-state index contributed by atoms with van der Waals surface area (Å²) in [6.45, 7) is 0. The maximum atomic E-state index is 13.5. The fraction of sp³-hybridized carbons (Fsp3) is 0.538. The Morgan fingerprint density at radius 1 is 0.950 bits per heavy atom. The number of alkyl halides is 4. The van der Waals surface area contributed by atoms with Gasteiger partial charge in [0.25, 0.3) is 0 Å². The van der Waals surface area contributed by atoms with Crippen LogP contribution < -0.4 is 4.74 Å². The summed E-state index contributed by atoms with van der Waals surface area (Å²) in [7, 11) is 0. The van der Waals surface area contributed by atoms with E-state index in [4.69, 9.17) is 0 Å². The topological polar surface area (TPSA) is 9.23 Å². The number of ether oxygens (including phenoxy) is 1. The molecule has 2 rings (SSSR count). The smallest absolute Gasteiger partial charge is 0.399 e. The van der Waals surface area contributed by atoms with Crippen LogP contribution in [0.15, 0.2) is 12.1 Å². The van der Waals surface area contributed by atoms with Crippen LogP contribution in [0.1, 0.15) is 37.2 Å². The molecule has 1 fully saturated rings. The van der Waals surface area contributed by atoms with Crippen LogP contribution in [0, 0.1) is 11.6 Å². The first-order valence-electron chi connectivity index (χ1n) is 6.15. The molecule has 20 heavy (non-hydrogen) atoms. The van der Waals surface area contributed by atoms with Gasteiger partial charge >= 0.3 is 6.36 Å². The van der Waals surface area contributed by atoms with E-state index >= 15 is 0 Å². The van der Waals surface area contributed by atoms with Crippen molar-refractivity contribution in [1.29, 1.82) is 0 Å². The van der Waals surface area contributed by atoms with Gasteiger partial charge in [-0.1, -0.05) is 0 Å². The maximum absolute atomic E-state index is 13.5. The molecule has 0 atom stereocenters. The first kappa shape index (κ1) is 15.0. The van der Waals surface area contributed by atoms with Crippen molar-refractivity contribution in [3.8, 4) is 5.75 Å². The average Bonchev–Trinajstić information content (AvgIpc) is 2.33. The highest BCUT2D eigenvalue weighted by molar-refractivity contribution is 5.33. The highest BCUT2D eigenvalue weighted by Gasteiger charge is 2.34. The van der Waals surface area contributed by atoms with Gasteiger partial charge in [0.15, 0.2) is 11.6 Å². The van der Waals surface area contributed by atoms with Gasteiger partial charge in [-0.15, -0.1) is 13.2 Å². The summed E-state index contributed by atoms with van der Waals surface area (Å²) in [6.07, 6.45) is -4.67. The highest BCUT2D eigenvalue weighted by atomic mass is 19.4. The van der Waals surface area contributed by atoms with Gasteiger partial charge < -0.3 is 4.74 Å². The molecule has 7 heteroatoms.